The lowest BCUT2D eigenvalue weighted by Gasteiger charge is -2.21. The van der Waals surface area contributed by atoms with Crippen LogP contribution in [0.3, 0.4) is 0 Å². The molecule has 0 spiro atoms. The van der Waals surface area contributed by atoms with E-state index in [0.717, 1.165) is 5.57 Å². The maximum Gasteiger partial charge on any atom is 0.490 e. The number of hydrogen-bond donors (Lipinski definition) is 1. The Bertz CT molecular complexity index is 419. The highest BCUT2D eigenvalue weighted by Gasteiger charge is 2.14. The van der Waals surface area contributed by atoms with Crippen molar-refractivity contribution in [1.82, 2.24) is 20.1 Å². The molecule has 1 aromatic rings. The minimum Gasteiger partial charge on any atom is -0.390 e. The van der Waals surface area contributed by atoms with Crippen molar-refractivity contribution in [3.05, 3.63) is 28.6 Å². The summed E-state index contributed by atoms with van der Waals surface area (Å²) < 4.78 is 1.41. The molecule has 7 nitrogen and oxygen atoms in total. The first kappa shape index (κ1) is 13.3. The topological polar surface area (TPSA) is 85.9 Å². The lowest BCUT2D eigenvalue weighted by atomic mass is 10.1. The Morgan fingerprint density at radius 2 is 2.29 bits per heavy atom. The number of nitro groups is 1. The lowest BCUT2D eigenvalue weighted by molar-refractivity contribution is -0.394. The fourth-order valence-electron chi connectivity index (χ4n) is 1.12. The second-order valence-corrected chi connectivity index (χ2v) is 4.85. The largest absolute Gasteiger partial charge is 0.490 e. The summed E-state index contributed by atoms with van der Waals surface area (Å²) in [6.07, 6.45) is 1.33. The van der Waals surface area contributed by atoms with Crippen molar-refractivity contribution in [2.45, 2.75) is 32.9 Å². The Balaban J connectivity index is 2.48. The third kappa shape index (κ3) is 4.73. The zero-order chi connectivity index (χ0) is 13.1. The predicted octanol–water partition coefficient (Wildman–Crippen LogP) is 1.13. The van der Waals surface area contributed by atoms with Gasteiger partial charge in [-0.25, -0.2) is 0 Å². The van der Waals surface area contributed by atoms with Gasteiger partial charge >= 0.3 is 5.95 Å². The first-order valence-corrected chi connectivity index (χ1v) is 5.23. The van der Waals surface area contributed by atoms with Gasteiger partial charge in [-0.05, 0) is 31.3 Å². The Labute approximate surface area is 99.7 Å². The molecule has 1 rings (SSSR count). The molecule has 0 fully saturated rings. The van der Waals surface area contributed by atoms with E-state index in [9.17, 15) is 10.1 Å². The number of aromatic nitrogens is 3. The van der Waals surface area contributed by atoms with Gasteiger partial charge in [0.25, 0.3) is 0 Å². The highest BCUT2D eigenvalue weighted by Crippen LogP contribution is 2.04. The molecule has 0 saturated carbocycles. The summed E-state index contributed by atoms with van der Waals surface area (Å²) in [6.45, 7) is 11.1. The molecule has 1 N–H and O–H groups in total. The molecule has 0 aromatic carbocycles. The van der Waals surface area contributed by atoms with Crippen molar-refractivity contribution < 1.29 is 4.92 Å². The highest BCUT2D eigenvalue weighted by atomic mass is 16.6. The van der Waals surface area contributed by atoms with Gasteiger partial charge in [-0.3, -0.25) is 0 Å². The summed E-state index contributed by atoms with van der Waals surface area (Å²) in [5.41, 5.74) is 0.900. The van der Waals surface area contributed by atoms with Gasteiger partial charge in [0.15, 0.2) is 0 Å². The van der Waals surface area contributed by atoms with Crippen LogP contribution in [-0.2, 0) is 6.54 Å². The van der Waals surface area contributed by atoms with Gasteiger partial charge in [0.05, 0.1) is 6.54 Å². The molecule has 17 heavy (non-hydrogen) atoms. The van der Waals surface area contributed by atoms with Gasteiger partial charge in [-0.2, -0.15) is 4.68 Å². The van der Waals surface area contributed by atoms with Crippen LogP contribution in [0.25, 0.3) is 0 Å². The van der Waals surface area contributed by atoms with E-state index in [1.807, 2.05) is 0 Å². The van der Waals surface area contributed by atoms with E-state index in [1.54, 1.807) is 0 Å². The van der Waals surface area contributed by atoms with Crippen molar-refractivity contribution in [2.75, 3.05) is 6.54 Å². The second kappa shape index (κ2) is 5.05. The minimum atomic E-state index is -0.618. The molecule has 0 bridgehead atoms. The molecule has 1 aromatic heterocycles. The number of hydrogen-bond acceptors (Lipinski definition) is 5. The van der Waals surface area contributed by atoms with E-state index in [4.69, 9.17) is 0 Å². The van der Waals surface area contributed by atoms with Gasteiger partial charge < -0.3 is 15.4 Å². The first-order valence-electron chi connectivity index (χ1n) is 5.23. The normalized spacial score (nSPS) is 11.5. The molecule has 0 saturated heterocycles. The van der Waals surface area contributed by atoms with Crippen molar-refractivity contribution in [3.63, 3.8) is 0 Å². The monoisotopic (exact) mass is 239 g/mol. The Morgan fingerprint density at radius 1 is 1.65 bits per heavy atom. The number of rotatable bonds is 5. The quantitative estimate of drug-likeness (QED) is 0.473. The van der Waals surface area contributed by atoms with E-state index >= 15 is 0 Å². The van der Waals surface area contributed by atoms with Crippen molar-refractivity contribution in [1.29, 1.82) is 0 Å². The average Bonchev–Trinajstić information content (AvgIpc) is 2.62. The fourth-order valence-corrected chi connectivity index (χ4v) is 1.12. The lowest BCUT2D eigenvalue weighted by Crippen LogP contribution is -2.37. The van der Waals surface area contributed by atoms with E-state index in [2.05, 4.69) is 42.7 Å². The van der Waals surface area contributed by atoms with Crippen LogP contribution in [0, 0.1) is 10.1 Å². The molecule has 1 heterocycles. The Kier molecular flexibility index (Phi) is 3.95. The molecular weight excluding hydrogens is 222 g/mol. The third-order valence-corrected chi connectivity index (χ3v) is 1.94. The van der Waals surface area contributed by atoms with Gasteiger partial charge in [0.1, 0.15) is 0 Å². The summed E-state index contributed by atoms with van der Waals surface area (Å²) in [5, 5.41) is 17.4. The van der Waals surface area contributed by atoms with E-state index < -0.39 is 4.92 Å². The molecule has 0 unspecified atom stereocenters. The second-order valence-electron chi connectivity index (χ2n) is 4.85. The van der Waals surface area contributed by atoms with Gasteiger partial charge in [0, 0.05) is 17.2 Å². The molecule has 0 radical (unpaired) electrons. The van der Waals surface area contributed by atoms with Gasteiger partial charge in [0.2, 0.25) is 6.33 Å². The summed E-state index contributed by atoms with van der Waals surface area (Å²) >= 11 is 0. The molecule has 0 aliphatic rings. The summed E-state index contributed by atoms with van der Waals surface area (Å²) in [6, 6.07) is 0. The Hall–Kier alpha value is -1.76. The van der Waals surface area contributed by atoms with Crippen molar-refractivity contribution >= 4 is 5.95 Å². The van der Waals surface area contributed by atoms with E-state index in [-0.39, 0.29) is 11.5 Å². The van der Waals surface area contributed by atoms with E-state index in [0.29, 0.717) is 13.1 Å². The van der Waals surface area contributed by atoms with Crippen LogP contribution < -0.4 is 5.32 Å². The van der Waals surface area contributed by atoms with Crippen LogP contribution in [0.1, 0.15) is 20.8 Å². The van der Waals surface area contributed by atoms with Crippen LogP contribution in [0.5, 0.6) is 0 Å². The molecule has 7 heteroatoms. The van der Waals surface area contributed by atoms with Crippen molar-refractivity contribution in [3.8, 4) is 0 Å². The Morgan fingerprint density at radius 3 is 2.76 bits per heavy atom. The van der Waals surface area contributed by atoms with Crippen molar-refractivity contribution in [2.24, 2.45) is 0 Å². The minimum absolute atomic E-state index is 0.0112. The molecule has 0 atom stereocenters. The fraction of sp³-hybridized carbons (Fsp3) is 0.600. The van der Waals surface area contributed by atoms with Crippen LogP contribution in [-0.4, -0.2) is 31.8 Å². The maximum absolute atomic E-state index is 10.4. The smallest absolute Gasteiger partial charge is 0.390 e. The molecule has 0 amide bonds. The summed E-state index contributed by atoms with van der Waals surface area (Å²) in [4.78, 5) is 13.3. The van der Waals surface area contributed by atoms with Crippen LogP contribution in [0.4, 0.5) is 5.95 Å². The zero-order valence-electron chi connectivity index (χ0n) is 10.3. The number of nitrogens with one attached hydrogen (secondary N) is 1. The standard InChI is InChI=1S/C10H17N5O2/c1-8(5-12-10(2,3)4)6-14-7-11-9(13-14)15(16)17/h7,12H,1,5-6H2,2-4H3. The van der Waals surface area contributed by atoms with Crippen LogP contribution in [0.2, 0.25) is 0 Å². The molecular formula is C10H17N5O2. The summed E-state index contributed by atoms with van der Waals surface area (Å²) in [5.74, 6) is -0.387. The molecule has 94 valence electrons. The van der Waals surface area contributed by atoms with E-state index in [1.165, 1.54) is 11.0 Å². The SMILES string of the molecule is C=C(CNC(C)(C)C)Cn1cnc([N+](=O)[O-])n1. The third-order valence-electron chi connectivity index (χ3n) is 1.94. The molecule has 0 aliphatic carbocycles. The zero-order valence-corrected chi connectivity index (χ0v) is 10.3. The summed E-state index contributed by atoms with van der Waals surface area (Å²) in [7, 11) is 0. The highest BCUT2D eigenvalue weighted by molar-refractivity contribution is 5.02. The van der Waals surface area contributed by atoms with Crippen LogP contribution in [0.15, 0.2) is 18.5 Å². The first-order chi connectivity index (χ1) is 7.78. The van der Waals surface area contributed by atoms with Gasteiger partial charge in [-0.15, -0.1) is 0 Å². The number of nitrogens with zero attached hydrogens (tertiary/aromatic N) is 4. The van der Waals surface area contributed by atoms with Crippen LogP contribution >= 0.6 is 0 Å². The average molecular weight is 239 g/mol. The predicted molar refractivity (Wildman–Crippen MR) is 63.6 cm³/mol. The van der Waals surface area contributed by atoms with Gasteiger partial charge in [-0.1, -0.05) is 11.6 Å². The maximum atomic E-state index is 10.4. The molecule has 0 aliphatic heterocycles.